The van der Waals surface area contributed by atoms with Crippen LogP contribution >= 0.6 is 35.6 Å². The smallest absolute Gasteiger partial charge is 0.243 e. The molecular formula is C20H33ClIN5O2. The molecule has 0 unspecified atom stereocenters. The Kier molecular flexibility index (Phi) is 12.3. The van der Waals surface area contributed by atoms with E-state index in [0.717, 1.165) is 62.4 Å². The first-order valence-corrected chi connectivity index (χ1v) is 10.2. The van der Waals surface area contributed by atoms with Crippen LogP contribution < -0.4 is 10.2 Å². The van der Waals surface area contributed by atoms with E-state index in [0.29, 0.717) is 6.61 Å². The van der Waals surface area contributed by atoms with Crippen molar-refractivity contribution in [1.82, 2.24) is 15.1 Å². The van der Waals surface area contributed by atoms with E-state index >= 15 is 0 Å². The van der Waals surface area contributed by atoms with Crippen LogP contribution in [-0.2, 0) is 9.53 Å². The first kappa shape index (κ1) is 25.8. The number of likely N-dealkylation sites (N-methyl/N-ethyl adjacent to an activating group) is 1. The van der Waals surface area contributed by atoms with Crippen LogP contribution in [0.1, 0.15) is 13.3 Å². The highest BCUT2D eigenvalue weighted by Crippen LogP contribution is 2.25. The normalized spacial score (nSPS) is 14.4. The molecule has 164 valence electrons. The fourth-order valence-corrected chi connectivity index (χ4v) is 3.19. The van der Waals surface area contributed by atoms with Gasteiger partial charge in [0.1, 0.15) is 6.54 Å². The molecule has 0 radical (unpaired) electrons. The standard InChI is InChI=1S/C20H32ClN5O2.HI/c1-4-28-15-7-10-22-20(23-16-19(27)24(2)3)26-13-11-25(12-14-26)18-9-6-5-8-17(18)21;/h5-6,8-9H,4,7,10-16H2,1-3H3,(H,22,23);1H. The van der Waals surface area contributed by atoms with Crippen molar-refractivity contribution < 1.29 is 9.53 Å². The zero-order chi connectivity index (χ0) is 20.4. The van der Waals surface area contributed by atoms with Gasteiger partial charge in [-0.3, -0.25) is 4.79 Å². The second kappa shape index (κ2) is 13.9. The van der Waals surface area contributed by atoms with Gasteiger partial charge in [0.15, 0.2) is 5.96 Å². The minimum atomic E-state index is -0.0108. The molecule has 1 heterocycles. The summed E-state index contributed by atoms with van der Waals surface area (Å²) in [4.78, 5) is 22.6. The SMILES string of the molecule is CCOCCCNC(=NCC(=O)N(C)C)N1CCN(c2ccccc2Cl)CC1.I. The third-order valence-corrected chi connectivity index (χ3v) is 4.91. The van der Waals surface area contributed by atoms with Gasteiger partial charge >= 0.3 is 0 Å². The summed E-state index contributed by atoms with van der Waals surface area (Å²) in [6, 6.07) is 7.92. The summed E-state index contributed by atoms with van der Waals surface area (Å²) in [5, 5.41) is 4.16. The highest BCUT2D eigenvalue weighted by molar-refractivity contribution is 14.0. The van der Waals surface area contributed by atoms with Gasteiger partial charge < -0.3 is 24.8 Å². The molecule has 0 aliphatic carbocycles. The minimum absolute atomic E-state index is 0. The maximum Gasteiger partial charge on any atom is 0.243 e. The van der Waals surface area contributed by atoms with Crippen molar-refractivity contribution in [2.45, 2.75) is 13.3 Å². The lowest BCUT2D eigenvalue weighted by Crippen LogP contribution is -2.53. The van der Waals surface area contributed by atoms with E-state index in [4.69, 9.17) is 16.3 Å². The summed E-state index contributed by atoms with van der Waals surface area (Å²) in [6.07, 6.45) is 0.897. The molecule has 2 rings (SSSR count). The number of hydrogen-bond acceptors (Lipinski definition) is 4. The number of nitrogens with one attached hydrogen (secondary N) is 1. The van der Waals surface area contributed by atoms with Gasteiger partial charge in [0.05, 0.1) is 10.7 Å². The van der Waals surface area contributed by atoms with Crippen molar-refractivity contribution in [2.75, 3.05) is 71.5 Å². The number of ether oxygens (including phenoxy) is 1. The molecule has 29 heavy (non-hydrogen) atoms. The molecule has 0 aromatic heterocycles. The monoisotopic (exact) mass is 537 g/mol. The highest BCUT2D eigenvalue weighted by atomic mass is 127. The molecule has 1 aromatic carbocycles. The molecule has 0 atom stereocenters. The van der Waals surface area contributed by atoms with Crippen LogP contribution in [0.4, 0.5) is 5.69 Å². The third kappa shape index (κ3) is 8.55. The van der Waals surface area contributed by atoms with Crippen LogP contribution in [0.15, 0.2) is 29.3 Å². The van der Waals surface area contributed by atoms with Crippen molar-refractivity contribution in [3.63, 3.8) is 0 Å². The molecule has 0 saturated carbocycles. The second-order valence-corrected chi connectivity index (χ2v) is 7.24. The number of rotatable bonds is 8. The minimum Gasteiger partial charge on any atom is -0.382 e. The van der Waals surface area contributed by atoms with Crippen molar-refractivity contribution in [1.29, 1.82) is 0 Å². The summed E-state index contributed by atoms with van der Waals surface area (Å²) in [5.74, 6) is 0.772. The van der Waals surface area contributed by atoms with Crippen LogP contribution in [0.2, 0.25) is 5.02 Å². The van der Waals surface area contributed by atoms with Gasteiger partial charge in [-0.15, -0.1) is 24.0 Å². The number of guanidine groups is 1. The number of hydrogen-bond donors (Lipinski definition) is 1. The first-order chi connectivity index (χ1) is 13.5. The molecule has 1 aliphatic rings. The average molecular weight is 538 g/mol. The van der Waals surface area contributed by atoms with E-state index in [-0.39, 0.29) is 36.4 Å². The Bertz CT molecular complexity index is 652. The van der Waals surface area contributed by atoms with E-state index in [1.54, 1.807) is 19.0 Å². The predicted molar refractivity (Wildman–Crippen MR) is 131 cm³/mol. The van der Waals surface area contributed by atoms with Crippen molar-refractivity contribution in [3.8, 4) is 0 Å². The maximum absolute atomic E-state index is 11.9. The van der Waals surface area contributed by atoms with Gasteiger partial charge in [0.2, 0.25) is 5.91 Å². The largest absolute Gasteiger partial charge is 0.382 e. The molecule has 1 aromatic rings. The van der Waals surface area contributed by atoms with Gasteiger partial charge in [-0.2, -0.15) is 0 Å². The molecule has 1 N–H and O–H groups in total. The second-order valence-electron chi connectivity index (χ2n) is 6.83. The van der Waals surface area contributed by atoms with E-state index in [2.05, 4.69) is 26.2 Å². The Morgan fingerprint density at radius 1 is 1.24 bits per heavy atom. The van der Waals surface area contributed by atoms with Crippen LogP contribution in [0.25, 0.3) is 0 Å². The average Bonchev–Trinajstić information content (AvgIpc) is 2.70. The summed E-state index contributed by atoms with van der Waals surface area (Å²) in [7, 11) is 3.49. The number of amides is 1. The van der Waals surface area contributed by atoms with Crippen molar-refractivity contribution in [2.24, 2.45) is 4.99 Å². The fourth-order valence-electron chi connectivity index (χ4n) is 2.94. The van der Waals surface area contributed by atoms with Gasteiger partial charge in [-0.25, -0.2) is 4.99 Å². The topological polar surface area (TPSA) is 60.4 Å². The summed E-state index contributed by atoms with van der Waals surface area (Å²) in [5.41, 5.74) is 1.06. The zero-order valence-electron chi connectivity index (χ0n) is 17.6. The van der Waals surface area contributed by atoms with E-state index < -0.39 is 0 Å². The molecule has 1 amide bonds. The predicted octanol–water partition coefficient (Wildman–Crippen LogP) is 2.54. The lowest BCUT2D eigenvalue weighted by atomic mass is 10.2. The van der Waals surface area contributed by atoms with Crippen molar-refractivity contribution in [3.05, 3.63) is 29.3 Å². The van der Waals surface area contributed by atoms with Gasteiger partial charge in [0, 0.05) is 60.0 Å². The Hall–Kier alpha value is -1.26. The molecular weight excluding hydrogens is 505 g/mol. The number of para-hydroxylation sites is 1. The number of aliphatic imine (C=N–C) groups is 1. The first-order valence-electron chi connectivity index (χ1n) is 9.83. The highest BCUT2D eigenvalue weighted by Gasteiger charge is 2.21. The fraction of sp³-hybridized carbons (Fsp3) is 0.600. The Morgan fingerprint density at radius 2 is 1.93 bits per heavy atom. The summed E-state index contributed by atoms with van der Waals surface area (Å²) in [6.45, 7) is 7.68. The van der Waals surface area contributed by atoms with Crippen molar-refractivity contribution >= 4 is 53.1 Å². The lowest BCUT2D eigenvalue weighted by molar-refractivity contribution is -0.127. The molecule has 1 fully saturated rings. The van der Waals surface area contributed by atoms with E-state index in [1.807, 2.05) is 25.1 Å². The zero-order valence-corrected chi connectivity index (χ0v) is 20.7. The van der Waals surface area contributed by atoms with Gasteiger partial charge in [-0.1, -0.05) is 23.7 Å². The van der Waals surface area contributed by atoms with Crippen LogP contribution in [0, 0.1) is 0 Å². The number of carbonyl (C=O) groups is 1. The van der Waals surface area contributed by atoms with E-state index in [1.165, 1.54) is 0 Å². The molecule has 9 heteroatoms. The van der Waals surface area contributed by atoms with E-state index in [9.17, 15) is 4.79 Å². The summed E-state index contributed by atoms with van der Waals surface area (Å²) < 4.78 is 5.39. The molecule has 0 spiro atoms. The molecule has 0 bridgehead atoms. The number of piperazine rings is 1. The Balaban J connectivity index is 0.00000420. The molecule has 7 nitrogen and oxygen atoms in total. The quantitative estimate of drug-likeness (QED) is 0.239. The third-order valence-electron chi connectivity index (χ3n) is 4.59. The Morgan fingerprint density at radius 3 is 2.55 bits per heavy atom. The molecule has 1 aliphatic heterocycles. The van der Waals surface area contributed by atoms with Gasteiger partial charge in [-0.05, 0) is 25.5 Å². The number of halogens is 2. The van der Waals surface area contributed by atoms with Crippen LogP contribution in [-0.4, -0.2) is 88.2 Å². The maximum atomic E-state index is 11.9. The Labute approximate surface area is 196 Å². The lowest BCUT2D eigenvalue weighted by Gasteiger charge is -2.38. The number of carbonyl (C=O) groups excluding carboxylic acids is 1. The van der Waals surface area contributed by atoms with Crippen LogP contribution in [0.5, 0.6) is 0 Å². The van der Waals surface area contributed by atoms with Gasteiger partial charge in [0.25, 0.3) is 0 Å². The molecule has 1 saturated heterocycles. The number of anilines is 1. The number of nitrogens with zero attached hydrogens (tertiary/aromatic N) is 4. The summed E-state index contributed by atoms with van der Waals surface area (Å²) >= 11 is 6.34. The number of benzene rings is 1. The van der Waals surface area contributed by atoms with Crippen LogP contribution in [0.3, 0.4) is 0 Å².